The molecule has 0 saturated carbocycles. The largest absolute Gasteiger partial charge is 0.380 e. The Hall–Kier alpha value is -0.320. The standard InChI is InChI=1S/C13H17BrClN3/c1-18-10-2-3-11(18)6-9(5-10)17-12-4-8(14)7-16-13(12)15/h4,7,9-11,17H,2-3,5-6H2,1H3. The van der Waals surface area contributed by atoms with E-state index in [2.05, 4.69) is 38.2 Å². The number of hydrogen-bond donors (Lipinski definition) is 1. The van der Waals surface area contributed by atoms with Crippen LogP contribution in [0.25, 0.3) is 0 Å². The Labute approximate surface area is 121 Å². The number of pyridine rings is 1. The van der Waals surface area contributed by atoms with E-state index in [9.17, 15) is 0 Å². The van der Waals surface area contributed by atoms with E-state index in [1.165, 1.54) is 25.7 Å². The number of fused-ring (bicyclic) bond motifs is 2. The fourth-order valence-electron chi connectivity index (χ4n) is 3.27. The second-order valence-corrected chi connectivity index (χ2v) is 6.63. The Morgan fingerprint density at radius 3 is 2.72 bits per heavy atom. The summed E-state index contributed by atoms with van der Waals surface area (Å²) in [5, 5.41) is 4.12. The third kappa shape index (κ3) is 2.38. The second-order valence-electron chi connectivity index (χ2n) is 5.36. The van der Waals surface area contributed by atoms with E-state index in [0.29, 0.717) is 11.2 Å². The highest BCUT2D eigenvalue weighted by molar-refractivity contribution is 9.10. The summed E-state index contributed by atoms with van der Waals surface area (Å²) >= 11 is 9.57. The second kappa shape index (κ2) is 4.99. The van der Waals surface area contributed by atoms with Gasteiger partial charge in [-0.15, -0.1) is 0 Å². The molecule has 2 saturated heterocycles. The van der Waals surface area contributed by atoms with Crippen molar-refractivity contribution in [3.05, 3.63) is 21.9 Å². The van der Waals surface area contributed by atoms with Gasteiger partial charge in [-0.05, 0) is 54.7 Å². The van der Waals surface area contributed by atoms with Crippen LogP contribution in [0.2, 0.25) is 5.15 Å². The van der Waals surface area contributed by atoms with Crippen LogP contribution in [0.15, 0.2) is 16.7 Å². The summed E-state index contributed by atoms with van der Waals surface area (Å²) < 4.78 is 0.963. The third-order valence-electron chi connectivity index (χ3n) is 4.26. The lowest BCUT2D eigenvalue weighted by Crippen LogP contribution is -2.44. The van der Waals surface area contributed by atoms with Crippen molar-refractivity contribution in [3.63, 3.8) is 0 Å². The summed E-state index contributed by atoms with van der Waals surface area (Å²) in [5.41, 5.74) is 0.944. The molecule has 2 aliphatic heterocycles. The molecule has 0 aliphatic carbocycles. The summed E-state index contributed by atoms with van der Waals surface area (Å²) in [6, 6.07) is 4.00. The Morgan fingerprint density at radius 1 is 1.39 bits per heavy atom. The van der Waals surface area contributed by atoms with Gasteiger partial charge in [0, 0.05) is 28.8 Å². The average Bonchev–Trinajstić information content (AvgIpc) is 2.58. The number of hydrogen-bond acceptors (Lipinski definition) is 3. The Balaban J connectivity index is 1.72. The molecular weight excluding hydrogens is 314 g/mol. The summed E-state index contributed by atoms with van der Waals surface area (Å²) in [6.07, 6.45) is 6.81. The first kappa shape index (κ1) is 12.7. The van der Waals surface area contributed by atoms with Gasteiger partial charge >= 0.3 is 0 Å². The van der Waals surface area contributed by atoms with E-state index in [-0.39, 0.29) is 0 Å². The van der Waals surface area contributed by atoms with Crippen molar-refractivity contribution in [2.75, 3.05) is 12.4 Å². The minimum Gasteiger partial charge on any atom is -0.380 e. The fraction of sp³-hybridized carbons (Fsp3) is 0.615. The topological polar surface area (TPSA) is 28.2 Å². The van der Waals surface area contributed by atoms with Crippen LogP contribution in [-0.2, 0) is 0 Å². The SMILES string of the molecule is CN1C2CCC1CC(Nc1cc(Br)cnc1Cl)C2. The summed E-state index contributed by atoms with van der Waals surface area (Å²) in [5.74, 6) is 0. The number of nitrogens with zero attached hydrogens (tertiary/aromatic N) is 2. The van der Waals surface area contributed by atoms with Gasteiger partial charge in [0.25, 0.3) is 0 Å². The molecule has 0 aromatic carbocycles. The van der Waals surface area contributed by atoms with Crippen LogP contribution >= 0.6 is 27.5 Å². The van der Waals surface area contributed by atoms with Gasteiger partial charge in [-0.2, -0.15) is 0 Å². The molecule has 2 unspecified atom stereocenters. The molecule has 2 fully saturated rings. The number of aromatic nitrogens is 1. The minimum absolute atomic E-state index is 0.521. The summed E-state index contributed by atoms with van der Waals surface area (Å²) in [7, 11) is 2.26. The fourth-order valence-corrected chi connectivity index (χ4v) is 3.76. The van der Waals surface area contributed by atoms with Crippen LogP contribution in [0, 0.1) is 0 Å². The highest BCUT2D eigenvalue weighted by Crippen LogP contribution is 2.36. The first-order valence-corrected chi connectivity index (χ1v) is 7.60. The van der Waals surface area contributed by atoms with Gasteiger partial charge in [0.15, 0.2) is 5.15 Å². The first-order chi connectivity index (χ1) is 8.63. The number of halogens is 2. The molecule has 3 nitrogen and oxygen atoms in total. The molecule has 0 spiro atoms. The summed E-state index contributed by atoms with van der Waals surface area (Å²) in [6.45, 7) is 0. The summed E-state index contributed by atoms with van der Waals surface area (Å²) in [4.78, 5) is 6.70. The maximum Gasteiger partial charge on any atom is 0.152 e. The van der Waals surface area contributed by atoms with Gasteiger partial charge in [0.1, 0.15) is 0 Å². The van der Waals surface area contributed by atoms with Gasteiger partial charge in [-0.3, -0.25) is 0 Å². The molecule has 2 bridgehead atoms. The van der Waals surface area contributed by atoms with Gasteiger partial charge in [0.2, 0.25) is 0 Å². The Kier molecular flexibility index (Phi) is 3.52. The van der Waals surface area contributed by atoms with Crippen LogP contribution in [0.3, 0.4) is 0 Å². The molecule has 18 heavy (non-hydrogen) atoms. The van der Waals surface area contributed by atoms with Crippen LogP contribution < -0.4 is 5.32 Å². The van der Waals surface area contributed by atoms with E-state index < -0.39 is 0 Å². The number of rotatable bonds is 2. The van der Waals surface area contributed by atoms with Crippen molar-refractivity contribution in [2.24, 2.45) is 0 Å². The van der Waals surface area contributed by atoms with Crippen molar-refractivity contribution in [2.45, 2.75) is 43.8 Å². The first-order valence-electron chi connectivity index (χ1n) is 6.43. The lowest BCUT2D eigenvalue weighted by Gasteiger charge is -2.37. The Bertz CT molecular complexity index is 440. The van der Waals surface area contributed by atoms with Crippen molar-refractivity contribution in [3.8, 4) is 0 Å². The van der Waals surface area contributed by atoms with Gasteiger partial charge in [-0.25, -0.2) is 4.98 Å². The predicted octanol–water partition coefficient (Wildman–Crippen LogP) is 3.53. The van der Waals surface area contributed by atoms with Crippen LogP contribution in [0.1, 0.15) is 25.7 Å². The normalized spacial score (nSPS) is 31.6. The minimum atomic E-state index is 0.521. The molecular formula is C13H17BrClN3. The highest BCUT2D eigenvalue weighted by Gasteiger charge is 2.38. The third-order valence-corrected chi connectivity index (χ3v) is 5.00. The zero-order chi connectivity index (χ0) is 12.7. The molecule has 1 aromatic rings. The molecule has 5 heteroatoms. The zero-order valence-corrected chi connectivity index (χ0v) is 12.7. The van der Waals surface area contributed by atoms with Gasteiger partial charge in [-0.1, -0.05) is 11.6 Å². The lowest BCUT2D eigenvalue weighted by molar-refractivity contribution is 0.169. The van der Waals surface area contributed by atoms with Crippen molar-refractivity contribution in [1.29, 1.82) is 0 Å². The van der Waals surface area contributed by atoms with E-state index in [0.717, 1.165) is 22.2 Å². The van der Waals surface area contributed by atoms with Crippen molar-refractivity contribution >= 4 is 33.2 Å². The van der Waals surface area contributed by atoms with E-state index in [1.54, 1.807) is 6.20 Å². The Morgan fingerprint density at radius 2 is 2.06 bits per heavy atom. The maximum absolute atomic E-state index is 6.13. The van der Waals surface area contributed by atoms with E-state index in [4.69, 9.17) is 11.6 Å². The molecule has 3 rings (SSSR count). The quantitative estimate of drug-likeness (QED) is 0.841. The number of nitrogens with one attached hydrogen (secondary N) is 1. The molecule has 2 atom stereocenters. The van der Waals surface area contributed by atoms with Crippen LogP contribution in [-0.4, -0.2) is 35.1 Å². The van der Waals surface area contributed by atoms with Gasteiger partial charge in [0.05, 0.1) is 5.69 Å². The lowest BCUT2D eigenvalue weighted by atomic mass is 9.98. The molecule has 2 aliphatic rings. The monoisotopic (exact) mass is 329 g/mol. The van der Waals surface area contributed by atoms with Gasteiger partial charge < -0.3 is 10.2 Å². The molecule has 0 radical (unpaired) electrons. The van der Waals surface area contributed by atoms with Crippen molar-refractivity contribution < 1.29 is 0 Å². The number of anilines is 1. The van der Waals surface area contributed by atoms with E-state index >= 15 is 0 Å². The highest BCUT2D eigenvalue weighted by atomic mass is 79.9. The molecule has 98 valence electrons. The smallest absolute Gasteiger partial charge is 0.152 e. The maximum atomic E-state index is 6.13. The molecule has 1 N–H and O–H groups in total. The predicted molar refractivity (Wildman–Crippen MR) is 78.2 cm³/mol. The number of piperidine rings is 1. The van der Waals surface area contributed by atoms with Crippen molar-refractivity contribution in [1.82, 2.24) is 9.88 Å². The van der Waals surface area contributed by atoms with Crippen LogP contribution in [0.4, 0.5) is 5.69 Å². The average molecular weight is 331 g/mol. The van der Waals surface area contributed by atoms with E-state index in [1.807, 2.05) is 6.07 Å². The van der Waals surface area contributed by atoms with Crippen LogP contribution in [0.5, 0.6) is 0 Å². The molecule has 1 aromatic heterocycles. The zero-order valence-electron chi connectivity index (χ0n) is 10.4. The molecule has 0 amide bonds. The molecule has 3 heterocycles.